The van der Waals surface area contributed by atoms with Crippen molar-refractivity contribution in [3.63, 3.8) is 0 Å². The fourth-order valence-electron chi connectivity index (χ4n) is 3.13. The second-order valence-corrected chi connectivity index (χ2v) is 6.90. The number of para-hydroxylation sites is 1. The molecule has 1 atom stereocenters. The lowest BCUT2D eigenvalue weighted by atomic mass is 9.89. The Morgan fingerprint density at radius 2 is 2.00 bits per heavy atom. The molecule has 4 nitrogen and oxygen atoms in total. The summed E-state index contributed by atoms with van der Waals surface area (Å²) in [7, 11) is 0. The Morgan fingerprint density at radius 3 is 2.65 bits per heavy atom. The minimum Gasteiger partial charge on any atom is -0.487 e. The molecular formula is C18H28IN3O. The Kier molecular flexibility index (Phi) is 6.17. The van der Waals surface area contributed by atoms with Crippen LogP contribution in [0.1, 0.15) is 58.1 Å². The quantitative estimate of drug-likeness (QED) is 0.434. The zero-order valence-corrected chi connectivity index (χ0v) is 16.6. The fourth-order valence-corrected chi connectivity index (χ4v) is 3.13. The van der Waals surface area contributed by atoms with Gasteiger partial charge in [0.1, 0.15) is 11.4 Å². The van der Waals surface area contributed by atoms with Gasteiger partial charge in [-0.15, -0.1) is 24.0 Å². The third kappa shape index (κ3) is 4.52. The molecule has 1 saturated carbocycles. The minimum atomic E-state index is -0.167. The van der Waals surface area contributed by atoms with Crippen LogP contribution in [0.15, 0.2) is 29.3 Å². The number of halogens is 1. The van der Waals surface area contributed by atoms with E-state index in [1.165, 1.54) is 24.8 Å². The third-order valence-electron chi connectivity index (χ3n) is 4.45. The molecule has 1 unspecified atom stereocenters. The molecule has 0 bridgehead atoms. The van der Waals surface area contributed by atoms with Crippen LogP contribution < -0.4 is 15.4 Å². The van der Waals surface area contributed by atoms with Crippen molar-refractivity contribution in [1.29, 1.82) is 0 Å². The first-order valence-electron chi connectivity index (χ1n) is 8.43. The highest BCUT2D eigenvalue weighted by Crippen LogP contribution is 2.39. The van der Waals surface area contributed by atoms with E-state index >= 15 is 0 Å². The summed E-state index contributed by atoms with van der Waals surface area (Å²) in [6, 6.07) is 9.13. The maximum atomic E-state index is 6.10. The van der Waals surface area contributed by atoms with Crippen LogP contribution in [0.5, 0.6) is 5.75 Å². The number of nitrogens with one attached hydrogen (secondary N) is 2. The highest BCUT2D eigenvalue weighted by atomic mass is 127. The van der Waals surface area contributed by atoms with Gasteiger partial charge in [0.25, 0.3) is 0 Å². The first kappa shape index (κ1) is 18.4. The monoisotopic (exact) mass is 429 g/mol. The van der Waals surface area contributed by atoms with Crippen LogP contribution in [-0.4, -0.2) is 24.1 Å². The third-order valence-corrected chi connectivity index (χ3v) is 4.45. The second kappa shape index (κ2) is 7.73. The molecule has 1 aromatic carbocycles. The van der Waals surface area contributed by atoms with Crippen LogP contribution in [-0.2, 0) is 0 Å². The lowest BCUT2D eigenvalue weighted by molar-refractivity contribution is 0.0693. The fraction of sp³-hybridized carbons (Fsp3) is 0.611. The maximum absolute atomic E-state index is 6.10. The van der Waals surface area contributed by atoms with Crippen molar-refractivity contribution in [2.45, 2.75) is 64.1 Å². The van der Waals surface area contributed by atoms with E-state index in [-0.39, 0.29) is 35.6 Å². The van der Waals surface area contributed by atoms with E-state index in [1.54, 1.807) is 0 Å². The number of rotatable bonds is 3. The first-order valence-corrected chi connectivity index (χ1v) is 8.43. The molecule has 1 fully saturated rings. The molecule has 0 saturated heterocycles. The SMILES string of the molecule is CCN=C(NC1CCC1)NC1CC(C)(C)Oc2ccccc21.I. The van der Waals surface area contributed by atoms with Gasteiger partial charge < -0.3 is 15.4 Å². The highest BCUT2D eigenvalue weighted by Gasteiger charge is 2.34. The summed E-state index contributed by atoms with van der Waals surface area (Å²) in [6.07, 6.45) is 4.75. The van der Waals surface area contributed by atoms with Gasteiger partial charge in [0, 0.05) is 24.6 Å². The van der Waals surface area contributed by atoms with Crippen molar-refractivity contribution in [2.24, 2.45) is 4.99 Å². The summed E-state index contributed by atoms with van der Waals surface area (Å²) in [5, 5.41) is 7.18. The number of fused-ring (bicyclic) bond motifs is 1. The van der Waals surface area contributed by atoms with Crippen molar-refractivity contribution >= 4 is 29.9 Å². The van der Waals surface area contributed by atoms with Crippen LogP contribution >= 0.6 is 24.0 Å². The largest absolute Gasteiger partial charge is 0.487 e. The maximum Gasteiger partial charge on any atom is 0.191 e. The Hall–Kier alpha value is -0.980. The van der Waals surface area contributed by atoms with Crippen LogP contribution in [0.4, 0.5) is 0 Å². The van der Waals surface area contributed by atoms with Gasteiger partial charge >= 0.3 is 0 Å². The smallest absolute Gasteiger partial charge is 0.191 e. The summed E-state index contributed by atoms with van der Waals surface area (Å²) in [5.74, 6) is 1.92. The number of hydrogen-bond acceptors (Lipinski definition) is 2. The van der Waals surface area contributed by atoms with E-state index in [9.17, 15) is 0 Å². The van der Waals surface area contributed by atoms with Crippen molar-refractivity contribution in [1.82, 2.24) is 10.6 Å². The Bertz CT molecular complexity index is 555. The normalized spacial score (nSPS) is 22.9. The Balaban J connectivity index is 0.00000192. The Morgan fingerprint density at radius 1 is 1.26 bits per heavy atom. The molecule has 1 aromatic rings. The molecular weight excluding hydrogens is 401 g/mol. The predicted molar refractivity (Wildman–Crippen MR) is 106 cm³/mol. The van der Waals surface area contributed by atoms with Gasteiger partial charge in [-0.25, -0.2) is 0 Å². The van der Waals surface area contributed by atoms with E-state index in [1.807, 2.05) is 6.07 Å². The lowest BCUT2D eigenvalue weighted by Crippen LogP contribution is -2.49. The van der Waals surface area contributed by atoms with E-state index in [0.29, 0.717) is 6.04 Å². The number of hydrogen-bond donors (Lipinski definition) is 2. The molecule has 128 valence electrons. The molecule has 1 aliphatic carbocycles. The van der Waals surface area contributed by atoms with E-state index in [0.717, 1.165) is 24.7 Å². The van der Waals surface area contributed by atoms with Crippen molar-refractivity contribution in [3.05, 3.63) is 29.8 Å². The van der Waals surface area contributed by atoms with E-state index in [2.05, 4.69) is 54.6 Å². The van der Waals surface area contributed by atoms with Crippen LogP contribution in [0.25, 0.3) is 0 Å². The van der Waals surface area contributed by atoms with Crippen molar-refractivity contribution in [3.8, 4) is 5.75 Å². The zero-order chi connectivity index (χ0) is 15.6. The minimum absolute atomic E-state index is 0. The van der Waals surface area contributed by atoms with Gasteiger partial charge in [0.05, 0.1) is 6.04 Å². The average molecular weight is 429 g/mol. The van der Waals surface area contributed by atoms with Crippen molar-refractivity contribution in [2.75, 3.05) is 6.54 Å². The number of aliphatic imine (C=N–C) groups is 1. The average Bonchev–Trinajstić information content (AvgIpc) is 2.41. The summed E-state index contributed by atoms with van der Waals surface area (Å²) < 4.78 is 6.10. The first-order chi connectivity index (χ1) is 10.6. The van der Waals surface area contributed by atoms with E-state index < -0.39 is 0 Å². The van der Waals surface area contributed by atoms with Crippen LogP contribution in [0.2, 0.25) is 0 Å². The van der Waals surface area contributed by atoms with E-state index in [4.69, 9.17) is 4.74 Å². The molecule has 0 amide bonds. The van der Waals surface area contributed by atoms with Crippen molar-refractivity contribution < 1.29 is 4.74 Å². The summed E-state index contributed by atoms with van der Waals surface area (Å²) in [6.45, 7) is 7.16. The number of ether oxygens (including phenoxy) is 1. The van der Waals surface area contributed by atoms with Gasteiger partial charge in [-0.1, -0.05) is 18.2 Å². The summed E-state index contributed by atoms with van der Waals surface area (Å²) in [5.41, 5.74) is 1.06. The molecule has 23 heavy (non-hydrogen) atoms. The molecule has 0 spiro atoms. The zero-order valence-electron chi connectivity index (χ0n) is 14.3. The standard InChI is InChI=1S/C18H27N3O.HI/c1-4-19-17(20-13-8-7-9-13)21-15-12-18(2,3)22-16-11-6-5-10-14(15)16;/h5-6,10-11,13,15H,4,7-9,12H2,1-3H3,(H2,19,20,21);1H. The molecule has 5 heteroatoms. The van der Waals surface area contributed by atoms with Gasteiger partial charge in [0.15, 0.2) is 5.96 Å². The molecule has 2 N–H and O–H groups in total. The summed E-state index contributed by atoms with van der Waals surface area (Å²) in [4.78, 5) is 4.61. The highest BCUT2D eigenvalue weighted by molar-refractivity contribution is 14.0. The van der Waals surface area contributed by atoms with Crippen LogP contribution in [0.3, 0.4) is 0 Å². The number of benzene rings is 1. The molecule has 3 rings (SSSR count). The number of guanidine groups is 1. The van der Waals surface area contributed by atoms with Gasteiger partial charge in [0.2, 0.25) is 0 Å². The molecule has 0 radical (unpaired) electrons. The van der Waals surface area contributed by atoms with Crippen LogP contribution in [0, 0.1) is 0 Å². The Labute approximate surface area is 156 Å². The number of nitrogens with zero attached hydrogens (tertiary/aromatic N) is 1. The molecule has 1 heterocycles. The lowest BCUT2D eigenvalue weighted by Gasteiger charge is -2.39. The molecule has 0 aromatic heterocycles. The molecule has 2 aliphatic rings. The topological polar surface area (TPSA) is 45.7 Å². The van der Waals surface area contributed by atoms with Gasteiger partial charge in [-0.3, -0.25) is 4.99 Å². The molecule has 1 aliphatic heterocycles. The van der Waals surface area contributed by atoms with Gasteiger partial charge in [-0.2, -0.15) is 0 Å². The second-order valence-electron chi connectivity index (χ2n) is 6.90. The van der Waals surface area contributed by atoms with Gasteiger partial charge in [-0.05, 0) is 46.1 Å². The summed E-state index contributed by atoms with van der Waals surface area (Å²) >= 11 is 0. The predicted octanol–water partition coefficient (Wildman–Crippen LogP) is 4.01.